The first kappa shape index (κ1) is 19.8. The van der Waals surface area contributed by atoms with Crippen molar-refractivity contribution in [2.45, 2.75) is 46.2 Å². The van der Waals surface area contributed by atoms with Gasteiger partial charge in [0.15, 0.2) is 5.65 Å². The minimum absolute atomic E-state index is 0.0611. The Morgan fingerprint density at radius 1 is 1.21 bits per heavy atom. The van der Waals surface area contributed by atoms with Gasteiger partial charge in [0.1, 0.15) is 5.39 Å². The molecule has 0 saturated heterocycles. The molecule has 1 N–H and O–H groups in total. The van der Waals surface area contributed by atoms with E-state index < -0.39 is 0 Å². The van der Waals surface area contributed by atoms with Gasteiger partial charge in [-0.2, -0.15) is 5.10 Å². The number of carbonyl (C=O) groups excluding carboxylic acids is 1. The molecule has 2 aromatic heterocycles. The van der Waals surface area contributed by atoms with Gasteiger partial charge in [-0.3, -0.25) is 18.8 Å². The predicted molar refractivity (Wildman–Crippen MR) is 109 cm³/mol. The first-order valence-electron chi connectivity index (χ1n) is 9.66. The molecule has 3 aromatic rings. The van der Waals surface area contributed by atoms with Crippen LogP contribution in [0.25, 0.3) is 11.0 Å². The van der Waals surface area contributed by atoms with Crippen LogP contribution in [0.15, 0.2) is 41.6 Å². The molecule has 3 rings (SSSR count). The van der Waals surface area contributed by atoms with E-state index in [0.29, 0.717) is 11.0 Å². The van der Waals surface area contributed by atoms with E-state index in [1.54, 1.807) is 11.7 Å². The third kappa shape index (κ3) is 4.13. The molecule has 7 heteroatoms. The van der Waals surface area contributed by atoms with Crippen molar-refractivity contribution in [3.05, 3.63) is 58.3 Å². The van der Waals surface area contributed by atoms with Crippen molar-refractivity contribution in [2.24, 2.45) is 13.0 Å². The van der Waals surface area contributed by atoms with E-state index in [1.165, 1.54) is 22.7 Å². The SMILES string of the molecule is CCc1ccc([C@H](NC(=O)CCn2cnc3c(cnn3C)c2=O)C(C)C)cc1. The monoisotopic (exact) mass is 381 g/mol. The number of benzene rings is 1. The summed E-state index contributed by atoms with van der Waals surface area (Å²) < 4.78 is 3.02. The summed E-state index contributed by atoms with van der Waals surface area (Å²) in [6, 6.07) is 8.30. The van der Waals surface area contributed by atoms with Crippen LogP contribution < -0.4 is 10.9 Å². The minimum Gasteiger partial charge on any atom is -0.349 e. The Morgan fingerprint density at radius 3 is 2.57 bits per heavy atom. The van der Waals surface area contributed by atoms with Crippen LogP contribution in [0.1, 0.15) is 44.4 Å². The smallest absolute Gasteiger partial charge is 0.264 e. The molecule has 0 bridgehead atoms. The molecule has 0 unspecified atom stereocenters. The lowest BCUT2D eigenvalue weighted by molar-refractivity contribution is -0.122. The summed E-state index contributed by atoms with van der Waals surface area (Å²) in [4.78, 5) is 29.3. The van der Waals surface area contributed by atoms with Gasteiger partial charge >= 0.3 is 0 Å². The van der Waals surface area contributed by atoms with E-state index in [4.69, 9.17) is 0 Å². The molecule has 0 radical (unpaired) electrons. The van der Waals surface area contributed by atoms with Crippen molar-refractivity contribution in [1.29, 1.82) is 0 Å². The summed E-state index contributed by atoms with van der Waals surface area (Å²) in [6.45, 7) is 6.57. The Labute approximate surface area is 164 Å². The molecule has 0 aliphatic heterocycles. The van der Waals surface area contributed by atoms with E-state index in [0.717, 1.165) is 12.0 Å². The predicted octanol–water partition coefficient (Wildman–Crippen LogP) is 2.60. The van der Waals surface area contributed by atoms with E-state index in [9.17, 15) is 9.59 Å². The summed E-state index contributed by atoms with van der Waals surface area (Å²) in [6.07, 6.45) is 4.19. The van der Waals surface area contributed by atoms with Crippen LogP contribution in [0.3, 0.4) is 0 Å². The minimum atomic E-state index is -0.179. The summed E-state index contributed by atoms with van der Waals surface area (Å²) in [5, 5.41) is 7.63. The van der Waals surface area contributed by atoms with Gasteiger partial charge in [-0.1, -0.05) is 45.0 Å². The van der Waals surface area contributed by atoms with Crippen molar-refractivity contribution < 1.29 is 4.79 Å². The van der Waals surface area contributed by atoms with Gasteiger partial charge in [-0.05, 0) is 23.5 Å². The average molecular weight is 381 g/mol. The molecule has 0 fully saturated rings. The van der Waals surface area contributed by atoms with Crippen molar-refractivity contribution >= 4 is 16.9 Å². The molecule has 148 valence electrons. The first-order chi connectivity index (χ1) is 13.4. The number of fused-ring (bicyclic) bond motifs is 1. The Balaban J connectivity index is 1.68. The topological polar surface area (TPSA) is 81.8 Å². The maximum absolute atomic E-state index is 12.5. The molecule has 2 heterocycles. The molecule has 7 nitrogen and oxygen atoms in total. The summed E-state index contributed by atoms with van der Waals surface area (Å²) in [7, 11) is 1.74. The van der Waals surface area contributed by atoms with Crippen LogP contribution in [-0.2, 0) is 24.8 Å². The summed E-state index contributed by atoms with van der Waals surface area (Å²) in [5.41, 5.74) is 2.73. The van der Waals surface area contributed by atoms with Crippen molar-refractivity contribution in [3.63, 3.8) is 0 Å². The zero-order chi connectivity index (χ0) is 20.3. The third-order valence-corrected chi connectivity index (χ3v) is 5.03. The molecule has 0 saturated carbocycles. The van der Waals surface area contributed by atoms with E-state index in [1.807, 2.05) is 0 Å². The molecular formula is C21H27N5O2. The molecule has 28 heavy (non-hydrogen) atoms. The third-order valence-electron chi connectivity index (χ3n) is 5.03. The number of hydrogen-bond donors (Lipinski definition) is 1. The Kier molecular flexibility index (Phi) is 5.92. The number of rotatable bonds is 7. The number of aryl methyl sites for hydroxylation is 3. The highest BCUT2D eigenvalue weighted by atomic mass is 16.2. The lowest BCUT2D eigenvalue weighted by Crippen LogP contribution is -2.33. The number of aromatic nitrogens is 4. The molecule has 0 aliphatic carbocycles. The highest BCUT2D eigenvalue weighted by molar-refractivity contribution is 5.76. The number of carbonyl (C=O) groups is 1. The van der Waals surface area contributed by atoms with Gasteiger partial charge in [-0.25, -0.2) is 4.98 Å². The maximum atomic E-state index is 12.5. The average Bonchev–Trinajstić information content (AvgIpc) is 3.07. The molecule has 1 aromatic carbocycles. The summed E-state index contributed by atoms with van der Waals surface area (Å²) in [5.74, 6) is 0.170. The molecular weight excluding hydrogens is 354 g/mol. The highest BCUT2D eigenvalue weighted by Gasteiger charge is 2.18. The number of nitrogens with one attached hydrogen (secondary N) is 1. The Morgan fingerprint density at radius 2 is 1.93 bits per heavy atom. The first-order valence-corrected chi connectivity index (χ1v) is 9.66. The largest absolute Gasteiger partial charge is 0.349 e. The van der Waals surface area contributed by atoms with Crippen LogP contribution in [-0.4, -0.2) is 25.2 Å². The fourth-order valence-corrected chi connectivity index (χ4v) is 3.29. The van der Waals surface area contributed by atoms with Gasteiger partial charge in [-0.15, -0.1) is 0 Å². The zero-order valence-electron chi connectivity index (χ0n) is 16.8. The Hall–Kier alpha value is -2.96. The van der Waals surface area contributed by atoms with Crippen molar-refractivity contribution in [2.75, 3.05) is 0 Å². The number of hydrogen-bond acceptors (Lipinski definition) is 4. The fraction of sp³-hybridized carbons (Fsp3) is 0.429. The van der Waals surface area contributed by atoms with Crippen LogP contribution in [0.5, 0.6) is 0 Å². The lowest BCUT2D eigenvalue weighted by Gasteiger charge is -2.23. The van der Waals surface area contributed by atoms with E-state index in [-0.39, 0.29) is 36.4 Å². The normalized spacial score (nSPS) is 12.5. The summed E-state index contributed by atoms with van der Waals surface area (Å²) >= 11 is 0. The van der Waals surface area contributed by atoms with E-state index in [2.05, 4.69) is 60.4 Å². The van der Waals surface area contributed by atoms with Crippen LogP contribution in [0, 0.1) is 5.92 Å². The maximum Gasteiger partial charge on any atom is 0.264 e. The van der Waals surface area contributed by atoms with Crippen LogP contribution in [0.2, 0.25) is 0 Å². The van der Waals surface area contributed by atoms with Crippen LogP contribution in [0.4, 0.5) is 0 Å². The second-order valence-corrected chi connectivity index (χ2v) is 7.38. The standard InChI is InChI=1S/C21H27N5O2/c1-5-15-6-8-16(9-7-15)19(14(2)3)24-18(27)10-11-26-13-22-20-17(21(26)28)12-23-25(20)4/h6-9,12-14,19H,5,10-11H2,1-4H3,(H,24,27)/t19-/m1/s1. The van der Waals surface area contributed by atoms with Crippen molar-refractivity contribution in [3.8, 4) is 0 Å². The second kappa shape index (κ2) is 8.37. The fourth-order valence-electron chi connectivity index (χ4n) is 3.29. The molecule has 1 amide bonds. The van der Waals surface area contributed by atoms with Crippen LogP contribution >= 0.6 is 0 Å². The number of nitrogens with zero attached hydrogens (tertiary/aromatic N) is 4. The van der Waals surface area contributed by atoms with Gasteiger partial charge in [0.25, 0.3) is 5.56 Å². The highest BCUT2D eigenvalue weighted by Crippen LogP contribution is 2.22. The number of amides is 1. The molecule has 1 atom stereocenters. The quantitative estimate of drug-likeness (QED) is 0.682. The van der Waals surface area contributed by atoms with Gasteiger partial charge in [0.05, 0.1) is 18.6 Å². The second-order valence-electron chi connectivity index (χ2n) is 7.38. The van der Waals surface area contributed by atoms with Crippen molar-refractivity contribution in [1.82, 2.24) is 24.6 Å². The zero-order valence-corrected chi connectivity index (χ0v) is 16.8. The van der Waals surface area contributed by atoms with Gasteiger partial charge < -0.3 is 5.32 Å². The van der Waals surface area contributed by atoms with E-state index >= 15 is 0 Å². The lowest BCUT2D eigenvalue weighted by atomic mass is 9.94. The molecule has 0 aliphatic rings. The Bertz CT molecular complexity index is 1020. The van der Waals surface area contributed by atoms with Gasteiger partial charge in [0.2, 0.25) is 5.91 Å². The van der Waals surface area contributed by atoms with Gasteiger partial charge in [0, 0.05) is 20.0 Å². The molecule has 0 spiro atoms.